The number of carbonyl (C=O) groups is 1. The van der Waals surface area contributed by atoms with Crippen molar-refractivity contribution in [3.63, 3.8) is 0 Å². The van der Waals surface area contributed by atoms with Crippen molar-refractivity contribution in [1.82, 2.24) is 4.90 Å². The number of carbonyl (C=O) groups excluding carboxylic acids is 1. The topological polar surface area (TPSA) is 48.0 Å². The smallest absolute Gasteiger partial charge is 0.319 e. The SMILES string of the molecule is COC(=O)CN1CCOC(COc2ccc(Br)cc2)C1. The van der Waals surface area contributed by atoms with Crippen LogP contribution in [0.15, 0.2) is 28.7 Å². The molecular weight excluding hydrogens is 326 g/mol. The Kier molecular flexibility index (Phi) is 5.82. The zero-order valence-electron chi connectivity index (χ0n) is 11.4. The lowest BCUT2D eigenvalue weighted by molar-refractivity contribution is -0.144. The lowest BCUT2D eigenvalue weighted by Crippen LogP contribution is -2.46. The van der Waals surface area contributed by atoms with Gasteiger partial charge in [0.2, 0.25) is 0 Å². The summed E-state index contributed by atoms with van der Waals surface area (Å²) < 4.78 is 17.0. The van der Waals surface area contributed by atoms with E-state index in [2.05, 4.69) is 20.7 Å². The van der Waals surface area contributed by atoms with E-state index in [1.807, 2.05) is 29.2 Å². The van der Waals surface area contributed by atoms with E-state index in [-0.39, 0.29) is 12.1 Å². The summed E-state index contributed by atoms with van der Waals surface area (Å²) >= 11 is 3.38. The van der Waals surface area contributed by atoms with Crippen LogP contribution in [0.5, 0.6) is 5.75 Å². The van der Waals surface area contributed by atoms with Crippen LogP contribution in [0.25, 0.3) is 0 Å². The van der Waals surface area contributed by atoms with Gasteiger partial charge in [0.25, 0.3) is 0 Å². The predicted molar refractivity (Wildman–Crippen MR) is 77.8 cm³/mol. The third-order valence-electron chi connectivity index (χ3n) is 3.05. The van der Waals surface area contributed by atoms with Gasteiger partial charge in [0.1, 0.15) is 18.5 Å². The molecule has 0 bridgehead atoms. The van der Waals surface area contributed by atoms with Crippen LogP contribution in [0, 0.1) is 0 Å². The summed E-state index contributed by atoms with van der Waals surface area (Å²) in [4.78, 5) is 13.3. The van der Waals surface area contributed by atoms with Crippen LogP contribution in [0.4, 0.5) is 0 Å². The Labute approximate surface area is 126 Å². The van der Waals surface area contributed by atoms with Gasteiger partial charge in [-0.1, -0.05) is 15.9 Å². The molecule has 0 amide bonds. The van der Waals surface area contributed by atoms with E-state index >= 15 is 0 Å². The van der Waals surface area contributed by atoms with E-state index in [4.69, 9.17) is 9.47 Å². The van der Waals surface area contributed by atoms with Gasteiger partial charge in [0.05, 0.1) is 20.3 Å². The summed E-state index contributed by atoms with van der Waals surface area (Å²) in [5.74, 6) is 0.585. The lowest BCUT2D eigenvalue weighted by atomic mass is 10.3. The summed E-state index contributed by atoms with van der Waals surface area (Å²) in [6.45, 7) is 2.79. The zero-order chi connectivity index (χ0) is 14.4. The number of methoxy groups -OCH3 is 1. The van der Waals surface area contributed by atoms with Crippen molar-refractivity contribution < 1.29 is 19.0 Å². The third-order valence-corrected chi connectivity index (χ3v) is 3.58. The van der Waals surface area contributed by atoms with Crippen LogP contribution in [-0.2, 0) is 14.3 Å². The van der Waals surface area contributed by atoms with Crippen LogP contribution in [0.1, 0.15) is 0 Å². The van der Waals surface area contributed by atoms with E-state index < -0.39 is 0 Å². The molecular formula is C14H18BrNO4. The Bertz CT molecular complexity index is 437. The molecule has 20 heavy (non-hydrogen) atoms. The highest BCUT2D eigenvalue weighted by Crippen LogP contribution is 2.17. The van der Waals surface area contributed by atoms with Gasteiger partial charge in [-0.15, -0.1) is 0 Å². The molecule has 2 rings (SSSR count). The second-order valence-electron chi connectivity index (χ2n) is 4.57. The number of esters is 1. The largest absolute Gasteiger partial charge is 0.491 e. The Balaban J connectivity index is 1.78. The molecule has 6 heteroatoms. The minimum absolute atomic E-state index is 0.0305. The summed E-state index contributed by atoms with van der Waals surface area (Å²) in [6.07, 6.45) is -0.0305. The molecule has 1 saturated heterocycles. The van der Waals surface area contributed by atoms with Crippen molar-refractivity contribution in [2.45, 2.75) is 6.10 Å². The molecule has 110 valence electrons. The van der Waals surface area contributed by atoms with Crippen molar-refractivity contribution in [3.05, 3.63) is 28.7 Å². The van der Waals surface area contributed by atoms with E-state index in [0.29, 0.717) is 26.3 Å². The Hall–Kier alpha value is -1.11. The molecule has 5 nitrogen and oxygen atoms in total. The summed E-state index contributed by atoms with van der Waals surface area (Å²) in [6, 6.07) is 7.67. The fourth-order valence-corrected chi connectivity index (χ4v) is 2.26. The van der Waals surface area contributed by atoms with E-state index in [1.165, 1.54) is 7.11 Å². The fraction of sp³-hybridized carbons (Fsp3) is 0.500. The van der Waals surface area contributed by atoms with Gasteiger partial charge in [-0.2, -0.15) is 0 Å². The molecule has 0 saturated carbocycles. The first-order chi connectivity index (χ1) is 9.67. The number of morpholine rings is 1. The maximum atomic E-state index is 11.3. The van der Waals surface area contributed by atoms with Gasteiger partial charge in [-0.3, -0.25) is 9.69 Å². The molecule has 1 aromatic carbocycles. The molecule has 0 aliphatic carbocycles. The van der Waals surface area contributed by atoms with E-state index in [1.54, 1.807) is 0 Å². The van der Waals surface area contributed by atoms with Gasteiger partial charge >= 0.3 is 5.97 Å². The molecule has 1 aromatic rings. The number of benzene rings is 1. The van der Waals surface area contributed by atoms with Crippen molar-refractivity contribution in [3.8, 4) is 5.75 Å². The number of nitrogens with zero attached hydrogens (tertiary/aromatic N) is 1. The average molecular weight is 344 g/mol. The first-order valence-electron chi connectivity index (χ1n) is 6.46. The van der Waals surface area contributed by atoms with Gasteiger partial charge in [0.15, 0.2) is 0 Å². The summed E-state index contributed by atoms with van der Waals surface area (Å²) in [5.41, 5.74) is 0. The third kappa shape index (κ3) is 4.77. The Morgan fingerprint density at radius 3 is 2.90 bits per heavy atom. The molecule has 1 aliphatic rings. The van der Waals surface area contributed by atoms with Crippen LogP contribution in [0.3, 0.4) is 0 Å². The first-order valence-corrected chi connectivity index (χ1v) is 7.26. The fourth-order valence-electron chi connectivity index (χ4n) is 1.99. The highest BCUT2D eigenvalue weighted by molar-refractivity contribution is 9.10. The summed E-state index contributed by atoms with van der Waals surface area (Å²) in [7, 11) is 1.40. The summed E-state index contributed by atoms with van der Waals surface area (Å²) in [5, 5.41) is 0. The Morgan fingerprint density at radius 2 is 2.20 bits per heavy atom. The quantitative estimate of drug-likeness (QED) is 0.761. The lowest BCUT2D eigenvalue weighted by Gasteiger charge is -2.31. The predicted octanol–water partition coefficient (Wildman–Crippen LogP) is 1.70. The van der Waals surface area contributed by atoms with Gasteiger partial charge in [-0.05, 0) is 24.3 Å². The monoisotopic (exact) mass is 343 g/mol. The molecule has 1 unspecified atom stereocenters. The second-order valence-corrected chi connectivity index (χ2v) is 5.48. The molecule has 0 aromatic heterocycles. The standard InChI is InChI=1S/C14H18BrNO4/c1-18-14(17)9-16-6-7-19-13(8-16)10-20-12-4-2-11(15)3-5-12/h2-5,13H,6-10H2,1H3. The highest BCUT2D eigenvalue weighted by atomic mass is 79.9. The van der Waals surface area contributed by atoms with E-state index in [0.717, 1.165) is 16.8 Å². The van der Waals surface area contributed by atoms with Crippen molar-refractivity contribution in [1.29, 1.82) is 0 Å². The van der Waals surface area contributed by atoms with Crippen molar-refractivity contribution >= 4 is 21.9 Å². The maximum absolute atomic E-state index is 11.3. The van der Waals surface area contributed by atoms with Crippen LogP contribution >= 0.6 is 15.9 Å². The minimum Gasteiger partial charge on any atom is -0.491 e. The average Bonchev–Trinajstić information content (AvgIpc) is 2.47. The molecule has 0 radical (unpaired) electrons. The molecule has 1 aliphatic heterocycles. The maximum Gasteiger partial charge on any atom is 0.319 e. The van der Waals surface area contributed by atoms with Gasteiger partial charge in [-0.25, -0.2) is 0 Å². The normalized spacial score (nSPS) is 19.6. The van der Waals surface area contributed by atoms with Crippen LogP contribution < -0.4 is 4.74 Å². The van der Waals surface area contributed by atoms with Crippen molar-refractivity contribution in [2.24, 2.45) is 0 Å². The Morgan fingerprint density at radius 1 is 1.45 bits per heavy atom. The molecule has 1 heterocycles. The van der Waals surface area contributed by atoms with Crippen LogP contribution in [0.2, 0.25) is 0 Å². The zero-order valence-corrected chi connectivity index (χ0v) is 13.0. The molecule has 0 spiro atoms. The molecule has 0 N–H and O–H groups in total. The van der Waals surface area contributed by atoms with Gasteiger partial charge in [0, 0.05) is 17.6 Å². The first kappa shape index (κ1) is 15.3. The van der Waals surface area contributed by atoms with Crippen LogP contribution in [-0.4, -0.2) is 56.9 Å². The second kappa shape index (κ2) is 7.61. The minimum atomic E-state index is -0.223. The highest BCUT2D eigenvalue weighted by Gasteiger charge is 2.22. The molecule has 1 fully saturated rings. The number of rotatable bonds is 5. The molecule has 1 atom stereocenters. The number of ether oxygens (including phenoxy) is 3. The van der Waals surface area contributed by atoms with E-state index in [9.17, 15) is 4.79 Å². The number of halogens is 1. The van der Waals surface area contributed by atoms with Gasteiger partial charge < -0.3 is 14.2 Å². The van der Waals surface area contributed by atoms with Crippen molar-refractivity contribution in [2.75, 3.05) is 40.0 Å². The number of hydrogen-bond acceptors (Lipinski definition) is 5. The number of hydrogen-bond donors (Lipinski definition) is 0.